The van der Waals surface area contributed by atoms with Crippen LogP contribution in [0.25, 0.3) is 0 Å². The Kier molecular flexibility index (Phi) is 4.87. The number of nitrogens with one attached hydrogen (secondary N) is 1. The Labute approximate surface area is 102 Å². The lowest BCUT2D eigenvalue weighted by Gasteiger charge is -2.24. The van der Waals surface area contributed by atoms with Crippen molar-refractivity contribution in [2.24, 2.45) is 5.92 Å². The highest BCUT2D eigenvalue weighted by Crippen LogP contribution is 2.17. The molecule has 0 aliphatic rings. The number of anilines is 1. The zero-order valence-electron chi connectivity index (χ0n) is 10.7. The first-order valence-electron chi connectivity index (χ1n) is 5.98. The Morgan fingerprint density at radius 3 is 2.76 bits per heavy atom. The average molecular weight is 240 g/mol. The van der Waals surface area contributed by atoms with Gasteiger partial charge >= 0.3 is 0 Å². The summed E-state index contributed by atoms with van der Waals surface area (Å²) in [6, 6.07) is 4.57. The molecule has 1 aromatic heterocycles. The van der Waals surface area contributed by atoms with Crippen molar-refractivity contribution in [2.75, 3.05) is 11.9 Å². The smallest absolute Gasteiger partial charge is 0.214 e. The van der Waals surface area contributed by atoms with E-state index in [1.54, 1.807) is 19.1 Å². The standard InChI is InChI=1S/C13H21FN2O/c1-10(2)7-8-13(3,17)9-15-12-6-4-5-11(14)16-12/h4-6,10,17H,7-9H2,1-3H3,(H,15,16). The molecule has 1 aromatic rings. The predicted molar refractivity (Wildman–Crippen MR) is 67.4 cm³/mol. The van der Waals surface area contributed by atoms with Gasteiger partial charge in [0.25, 0.3) is 0 Å². The van der Waals surface area contributed by atoms with E-state index in [9.17, 15) is 9.50 Å². The summed E-state index contributed by atoms with van der Waals surface area (Å²) in [4.78, 5) is 3.68. The Morgan fingerprint density at radius 1 is 1.47 bits per heavy atom. The molecule has 0 aromatic carbocycles. The number of pyridine rings is 1. The van der Waals surface area contributed by atoms with Crippen molar-refractivity contribution in [3.05, 3.63) is 24.1 Å². The van der Waals surface area contributed by atoms with Crippen LogP contribution in [0.4, 0.5) is 10.2 Å². The van der Waals surface area contributed by atoms with Gasteiger partial charge in [-0.1, -0.05) is 19.9 Å². The Morgan fingerprint density at radius 2 is 2.18 bits per heavy atom. The molecule has 0 bridgehead atoms. The Hall–Kier alpha value is -1.16. The van der Waals surface area contributed by atoms with Crippen LogP contribution in [-0.4, -0.2) is 22.2 Å². The van der Waals surface area contributed by atoms with Gasteiger partial charge in [-0.15, -0.1) is 0 Å². The highest BCUT2D eigenvalue weighted by molar-refractivity contribution is 5.33. The Bertz CT molecular complexity index is 353. The van der Waals surface area contributed by atoms with Crippen LogP contribution in [0.3, 0.4) is 0 Å². The maximum atomic E-state index is 12.8. The number of hydrogen-bond acceptors (Lipinski definition) is 3. The van der Waals surface area contributed by atoms with Gasteiger partial charge in [-0.05, 0) is 37.8 Å². The van der Waals surface area contributed by atoms with Gasteiger partial charge in [-0.3, -0.25) is 0 Å². The largest absolute Gasteiger partial charge is 0.388 e. The molecule has 0 aliphatic heterocycles. The normalized spacial score (nSPS) is 14.7. The van der Waals surface area contributed by atoms with Crippen molar-refractivity contribution in [2.45, 2.75) is 39.2 Å². The van der Waals surface area contributed by atoms with E-state index >= 15 is 0 Å². The summed E-state index contributed by atoms with van der Waals surface area (Å²) >= 11 is 0. The van der Waals surface area contributed by atoms with Gasteiger partial charge < -0.3 is 10.4 Å². The van der Waals surface area contributed by atoms with Crippen LogP contribution in [0, 0.1) is 11.9 Å². The van der Waals surface area contributed by atoms with Crippen LogP contribution >= 0.6 is 0 Å². The van der Waals surface area contributed by atoms with Gasteiger partial charge in [0.05, 0.1) is 5.60 Å². The minimum absolute atomic E-state index is 0.371. The van der Waals surface area contributed by atoms with E-state index < -0.39 is 11.5 Å². The number of rotatable bonds is 6. The number of aromatic nitrogens is 1. The fourth-order valence-electron chi connectivity index (χ4n) is 1.48. The van der Waals surface area contributed by atoms with Crippen molar-refractivity contribution < 1.29 is 9.50 Å². The maximum absolute atomic E-state index is 12.8. The molecule has 3 nitrogen and oxygen atoms in total. The van der Waals surface area contributed by atoms with Gasteiger partial charge in [-0.2, -0.15) is 4.39 Å². The van der Waals surface area contributed by atoms with Crippen LogP contribution < -0.4 is 5.32 Å². The molecule has 0 spiro atoms. The summed E-state index contributed by atoms with van der Waals surface area (Å²) < 4.78 is 12.8. The lowest BCUT2D eigenvalue weighted by molar-refractivity contribution is 0.0585. The minimum Gasteiger partial charge on any atom is -0.388 e. The summed E-state index contributed by atoms with van der Waals surface area (Å²) in [6.07, 6.45) is 1.68. The maximum Gasteiger partial charge on any atom is 0.214 e. The zero-order valence-corrected chi connectivity index (χ0v) is 10.7. The molecule has 4 heteroatoms. The van der Waals surface area contributed by atoms with Crippen LogP contribution in [0.15, 0.2) is 18.2 Å². The number of aliphatic hydroxyl groups is 1. The fourth-order valence-corrected chi connectivity index (χ4v) is 1.48. The monoisotopic (exact) mass is 240 g/mol. The van der Waals surface area contributed by atoms with Gasteiger partial charge in [0, 0.05) is 6.54 Å². The summed E-state index contributed by atoms with van der Waals surface area (Å²) in [5.74, 6) is 0.500. The number of hydrogen-bond donors (Lipinski definition) is 2. The molecule has 17 heavy (non-hydrogen) atoms. The molecule has 0 radical (unpaired) electrons. The second kappa shape index (κ2) is 5.96. The summed E-state index contributed by atoms with van der Waals surface area (Å²) in [5.41, 5.74) is -0.793. The van der Waals surface area contributed by atoms with Crippen molar-refractivity contribution >= 4 is 5.82 Å². The first kappa shape index (κ1) is 13.9. The Balaban J connectivity index is 2.43. The first-order valence-corrected chi connectivity index (χ1v) is 5.98. The van der Waals surface area contributed by atoms with Gasteiger partial charge in [-0.25, -0.2) is 4.98 Å². The van der Waals surface area contributed by atoms with Crippen molar-refractivity contribution in [3.8, 4) is 0 Å². The molecule has 0 saturated heterocycles. The van der Waals surface area contributed by atoms with E-state index in [4.69, 9.17) is 0 Å². The van der Waals surface area contributed by atoms with Crippen LogP contribution in [0.1, 0.15) is 33.6 Å². The van der Waals surface area contributed by atoms with Crippen molar-refractivity contribution in [1.29, 1.82) is 0 Å². The molecule has 96 valence electrons. The average Bonchev–Trinajstić information content (AvgIpc) is 2.24. The molecule has 1 rings (SSSR count). The molecule has 0 saturated carbocycles. The lowest BCUT2D eigenvalue weighted by atomic mass is 9.95. The van der Waals surface area contributed by atoms with Crippen molar-refractivity contribution in [1.82, 2.24) is 4.98 Å². The SMILES string of the molecule is CC(C)CCC(C)(O)CNc1cccc(F)n1. The molecule has 0 fully saturated rings. The van der Waals surface area contributed by atoms with E-state index in [0.29, 0.717) is 24.7 Å². The van der Waals surface area contributed by atoms with Crippen molar-refractivity contribution in [3.63, 3.8) is 0 Å². The molecular weight excluding hydrogens is 219 g/mol. The third-order valence-corrected chi connectivity index (χ3v) is 2.63. The molecule has 0 aliphatic carbocycles. The lowest BCUT2D eigenvalue weighted by Crippen LogP contribution is -2.34. The predicted octanol–water partition coefficient (Wildman–Crippen LogP) is 2.82. The van der Waals surface area contributed by atoms with Gasteiger partial charge in [0.2, 0.25) is 5.95 Å². The molecule has 1 atom stereocenters. The van der Waals surface area contributed by atoms with E-state index in [2.05, 4.69) is 24.1 Å². The topological polar surface area (TPSA) is 45.1 Å². The van der Waals surface area contributed by atoms with E-state index in [0.717, 1.165) is 6.42 Å². The number of halogens is 1. The van der Waals surface area contributed by atoms with E-state index in [1.807, 2.05) is 0 Å². The molecule has 0 amide bonds. The third-order valence-electron chi connectivity index (χ3n) is 2.63. The molecule has 2 N–H and O–H groups in total. The molecule has 1 unspecified atom stereocenters. The summed E-state index contributed by atoms with van der Waals surface area (Å²) in [5, 5.41) is 13.1. The third kappa shape index (κ3) is 5.63. The van der Waals surface area contributed by atoms with Crippen LogP contribution in [0.5, 0.6) is 0 Å². The van der Waals surface area contributed by atoms with E-state index in [1.165, 1.54) is 6.07 Å². The molecule has 1 heterocycles. The summed E-state index contributed by atoms with van der Waals surface area (Å²) in [6.45, 7) is 6.40. The quantitative estimate of drug-likeness (QED) is 0.751. The summed E-state index contributed by atoms with van der Waals surface area (Å²) in [7, 11) is 0. The second-order valence-electron chi connectivity index (χ2n) is 5.13. The first-order chi connectivity index (χ1) is 7.89. The second-order valence-corrected chi connectivity index (χ2v) is 5.13. The highest BCUT2D eigenvalue weighted by Gasteiger charge is 2.20. The van der Waals surface area contributed by atoms with Crippen LogP contribution in [0.2, 0.25) is 0 Å². The highest BCUT2D eigenvalue weighted by atomic mass is 19.1. The van der Waals surface area contributed by atoms with Crippen LogP contribution in [-0.2, 0) is 0 Å². The number of nitrogens with zero attached hydrogens (tertiary/aromatic N) is 1. The zero-order chi connectivity index (χ0) is 12.9. The molecular formula is C13H21FN2O. The minimum atomic E-state index is -0.793. The van der Waals surface area contributed by atoms with E-state index in [-0.39, 0.29) is 0 Å². The fraction of sp³-hybridized carbons (Fsp3) is 0.615. The van der Waals surface area contributed by atoms with Gasteiger partial charge in [0.1, 0.15) is 5.82 Å². The van der Waals surface area contributed by atoms with Gasteiger partial charge in [0.15, 0.2) is 0 Å².